The van der Waals surface area contributed by atoms with Crippen LogP contribution in [0.4, 0.5) is 0 Å². The third-order valence-electron chi connectivity index (χ3n) is 2.12. The van der Waals surface area contributed by atoms with Crippen molar-refractivity contribution in [2.75, 3.05) is 7.11 Å². The Morgan fingerprint density at radius 2 is 2.33 bits per heavy atom. The van der Waals surface area contributed by atoms with E-state index in [1.54, 1.807) is 26.4 Å². The number of pyridine rings is 1. The summed E-state index contributed by atoms with van der Waals surface area (Å²) in [5, 5.41) is 8.83. The molecule has 1 unspecified atom stereocenters. The molecule has 0 radical (unpaired) electrons. The second-order valence-corrected chi connectivity index (χ2v) is 4.10. The topological polar surface area (TPSA) is 59.4 Å². The van der Waals surface area contributed by atoms with Gasteiger partial charge in [0.25, 0.3) is 0 Å². The van der Waals surface area contributed by atoms with Crippen LogP contribution in [-0.4, -0.2) is 23.2 Å². The molecule has 0 fully saturated rings. The van der Waals surface area contributed by atoms with Crippen LogP contribution in [0.5, 0.6) is 5.75 Å². The van der Waals surface area contributed by atoms with Crippen LogP contribution in [-0.2, 0) is 11.2 Å². The molecule has 0 bridgehead atoms. The second-order valence-electron chi connectivity index (χ2n) is 3.25. The normalized spacial score (nSPS) is 12.2. The van der Waals surface area contributed by atoms with Crippen LogP contribution in [0.2, 0.25) is 0 Å². The minimum atomic E-state index is -0.819. The fraction of sp³-hybridized carbons (Fsp3) is 0.400. The molecule has 1 aromatic heterocycles. The SMILES string of the molecule is COc1cncc(Br)c1CC(C)C(=O)O. The highest BCUT2D eigenvalue weighted by atomic mass is 79.9. The van der Waals surface area contributed by atoms with Crippen LogP contribution >= 0.6 is 15.9 Å². The first-order valence-corrected chi connectivity index (χ1v) is 5.24. The summed E-state index contributed by atoms with van der Waals surface area (Å²) in [6, 6.07) is 0. The Bertz CT molecular complexity index is 368. The molecule has 82 valence electrons. The molecule has 5 heteroatoms. The van der Waals surface area contributed by atoms with E-state index in [-0.39, 0.29) is 0 Å². The molecule has 0 amide bonds. The summed E-state index contributed by atoms with van der Waals surface area (Å²) in [7, 11) is 1.54. The van der Waals surface area contributed by atoms with Gasteiger partial charge in [-0.2, -0.15) is 0 Å². The van der Waals surface area contributed by atoms with E-state index in [9.17, 15) is 4.79 Å². The van der Waals surface area contributed by atoms with Gasteiger partial charge in [-0.05, 0) is 22.4 Å². The summed E-state index contributed by atoms with van der Waals surface area (Å²) in [5.74, 6) is -0.657. The zero-order valence-electron chi connectivity index (χ0n) is 8.53. The number of halogens is 1. The number of nitrogens with zero attached hydrogens (tertiary/aromatic N) is 1. The Balaban J connectivity index is 2.97. The number of hydrogen-bond donors (Lipinski definition) is 1. The number of hydrogen-bond acceptors (Lipinski definition) is 3. The van der Waals surface area contributed by atoms with Crippen molar-refractivity contribution in [2.45, 2.75) is 13.3 Å². The molecule has 0 aliphatic heterocycles. The van der Waals surface area contributed by atoms with Crippen molar-refractivity contribution < 1.29 is 14.6 Å². The van der Waals surface area contributed by atoms with Crippen molar-refractivity contribution in [3.05, 3.63) is 22.4 Å². The van der Waals surface area contributed by atoms with Crippen molar-refractivity contribution in [1.82, 2.24) is 4.98 Å². The van der Waals surface area contributed by atoms with Gasteiger partial charge in [0.2, 0.25) is 0 Å². The molecule has 0 aromatic carbocycles. The van der Waals surface area contributed by atoms with Crippen molar-refractivity contribution in [3.8, 4) is 5.75 Å². The zero-order chi connectivity index (χ0) is 11.4. The third kappa shape index (κ3) is 2.92. The van der Waals surface area contributed by atoms with Gasteiger partial charge in [-0.1, -0.05) is 6.92 Å². The summed E-state index contributed by atoms with van der Waals surface area (Å²) in [6.07, 6.45) is 3.63. The Kier molecular flexibility index (Phi) is 4.08. The third-order valence-corrected chi connectivity index (χ3v) is 2.80. The van der Waals surface area contributed by atoms with Gasteiger partial charge in [0.15, 0.2) is 0 Å². The minimum Gasteiger partial charge on any atom is -0.495 e. The highest BCUT2D eigenvalue weighted by Gasteiger charge is 2.16. The number of ether oxygens (including phenoxy) is 1. The number of carboxylic acid groups (broad SMARTS) is 1. The van der Waals surface area contributed by atoms with Crippen LogP contribution in [0.15, 0.2) is 16.9 Å². The second kappa shape index (κ2) is 5.11. The summed E-state index contributed by atoms with van der Waals surface area (Å²) in [4.78, 5) is 14.7. The van der Waals surface area contributed by atoms with Crippen molar-refractivity contribution in [2.24, 2.45) is 5.92 Å². The Hall–Kier alpha value is -1.10. The first-order chi connectivity index (χ1) is 7.06. The molecule has 0 aliphatic carbocycles. The first kappa shape index (κ1) is 12.0. The van der Waals surface area contributed by atoms with E-state index in [0.29, 0.717) is 12.2 Å². The lowest BCUT2D eigenvalue weighted by Gasteiger charge is -2.11. The molecule has 4 nitrogen and oxygen atoms in total. The summed E-state index contributed by atoms with van der Waals surface area (Å²) < 4.78 is 5.89. The fourth-order valence-electron chi connectivity index (χ4n) is 1.21. The van der Waals surface area contributed by atoms with Crippen LogP contribution < -0.4 is 4.74 Å². The lowest BCUT2D eigenvalue weighted by atomic mass is 10.0. The molecular weight excluding hydrogens is 262 g/mol. The highest BCUT2D eigenvalue weighted by Crippen LogP contribution is 2.27. The van der Waals surface area contributed by atoms with E-state index in [4.69, 9.17) is 9.84 Å². The average molecular weight is 274 g/mol. The predicted molar refractivity (Wildman–Crippen MR) is 59.0 cm³/mol. The minimum absolute atomic E-state index is 0.418. The van der Waals surface area contributed by atoms with Gasteiger partial charge in [-0.25, -0.2) is 0 Å². The number of aliphatic carboxylic acids is 1. The molecule has 1 N–H and O–H groups in total. The van der Waals surface area contributed by atoms with Crippen molar-refractivity contribution >= 4 is 21.9 Å². The Labute approximate surface area is 96.4 Å². The number of aromatic nitrogens is 1. The monoisotopic (exact) mass is 273 g/mol. The van der Waals surface area contributed by atoms with Gasteiger partial charge in [-0.3, -0.25) is 9.78 Å². The van der Waals surface area contributed by atoms with E-state index >= 15 is 0 Å². The molecule has 1 heterocycles. The number of rotatable bonds is 4. The van der Waals surface area contributed by atoms with Crippen LogP contribution in [0.3, 0.4) is 0 Å². The molecule has 1 rings (SSSR count). The first-order valence-electron chi connectivity index (χ1n) is 4.45. The molecular formula is C10H12BrNO3. The molecule has 0 saturated heterocycles. The average Bonchev–Trinajstić information content (AvgIpc) is 2.20. The Morgan fingerprint density at radius 3 is 2.87 bits per heavy atom. The highest BCUT2D eigenvalue weighted by molar-refractivity contribution is 9.10. The van der Waals surface area contributed by atoms with Crippen LogP contribution in [0, 0.1) is 5.92 Å². The van der Waals surface area contributed by atoms with Crippen LogP contribution in [0.1, 0.15) is 12.5 Å². The quantitative estimate of drug-likeness (QED) is 0.913. The van der Waals surface area contributed by atoms with Gasteiger partial charge in [0.1, 0.15) is 5.75 Å². The number of methoxy groups -OCH3 is 1. The maximum absolute atomic E-state index is 10.7. The fourth-order valence-corrected chi connectivity index (χ4v) is 1.69. The summed E-state index contributed by atoms with van der Waals surface area (Å²) in [6.45, 7) is 1.66. The van der Waals surface area contributed by atoms with Gasteiger partial charge in [0, 0.05) is 16.2 Å². The largest absolute Gasteiger partial charge is 0.495 e. The number of carbonyl (C=O) groups is 1. The standard InChI is InChI=1S/C10H12BrNO3/c1-6(10(13)14)3-7-8(11)4-12-5-9(7)15-2/h4-6H,3H2,1-2H3,(H,13,14). The van der Waals surface area contributed by atoms with Crippen LogP contribution in [0.25, 0.3) is 0 Å². The molecule has 1 aromatic rings. The lowest BCUT2D eigenvalue weighted by molar-refractivity contribution is -0.141. The molecule has 0 aliphatic rings. The van der Waals surface area contributed by atoms with E-state index in [2.05, 4.69) is 20.9 Å². The summed E-state index contributed by atoms with van der Waals surface area (Å²) >= 11 is 3.33. The lowest BCUT2D eigenvalue weighted by Crippen LogP contribution is -2.13. The zero-order valence-corrected chi connectivity index (χ0v) is 10.1. The van der Waals surface area contributed by atoms with Crippen molar-refractivity contribution in [1.29, 1.82) is 0 Å². The van der Waals surface area contributed by atoms with Gasteiger partial charge >= 0.3 is 5.97 Å². The molecule has 1 atom stereocenters. The maximum atomic E-state index is 10.7. The molecule has 15 heavy (non-hydrogen) atoms. The smallest absolute Gasteiger partial charge is 0.306 e. The van der Waals surface area contributed by atoms with Crippen molar-refractivity contribution in [3.63, 3.8) is 0 Å². The van der Waals surface area contributed by atoms with E-state index in [1.807, 2.05) is 0 Å². The van der Waals surface area contributed by atoms with Gasteiger partial charge in [-0.15, -0.1) is 0 Å². The van der Waals surface area contributed by atoms with E-state index in [1.165, 1.54) is 0 Å². The number of carboxylic acids is 1. The van der Waals surface area contributed by atoms with Gasteiger partial charge in [0.05, 0.1) is 19.2 Å². The molecule has 0 spiro atoms. The Morgan fingerprint density at radius 1 is 1.67 bits per heavy atom. The predicted octanol–water partition coefficient (Wildman–Crippen LogP) is 2.12. The van der Waals surface area contributed by atoms with E-state index < -0.39 is 11.9 Å². The summed E-state index contributed by atoms with van der Waals surface area (Å²) in [5.41, 5.74) is 0.836. The van der Waals surface area contributed by atoms with Gasteiger partial charge < -0.3 is 9.84 Å². The molecule has 0 saturated carbocycles. The maximum Gasteiger partial charge on any atom is 0.306 e. The van der Waals surface area contributed by atoms with E-state index in [0.717, 1.165) is 10.0 Å².